The van der Waals surface area contributed by atoms with Crippen molar-refractivity contribution in [1.29, 1.82) is 5.26 Å². The molecule has 8 heteroatoms. The van der Waals surface area contributed by atoms with Crippen LogP contribution in [0.3, 0.4) is 0 Å². The van der Waals surface area contributed by atoms with Gasteiger partial charge in [-0.3, -0.25) is 20.4 Å². The molecular weight excluding hydrogens is 353 g/mol. The van der Waals surface area contributed by atoms with Crippen LogP contribution >= 0.6 is 23.2 Å². The Morgan fingerprint density at radius 3 is 2.42 bits per heavy atom. The van der Waals surface area contributed by atoms with Crippen molar-refractivity contribution in [2.45, 2.75) is 0 Å². The number of nitrogens with zero attached hydrogens (tertiary/aromatic N) is 1. The van der Waals surface area contributed by atoms with E-state index in [1.165, 1.54) is 30.3 Å². The Bertz CT molecular complexity index is 801. The van der Waals surface area contributed by atoms with Gasteiger partial charge in [-0.2, -0.15) is 5.26 Å². The molecule has 0 fully saturated rings. The molecule has 24 heavy (non-hydrogen) atoms. The van der Waals surface area contributed by atoms with Crippen molar-refractivity contribution in [3.63, 3.8) is 0 Å². The van der Waals surface area contributed by atoms with E-state index in [1.807, 2.05) is 6.07 Å². The molecule has 0 heterocycles. The summed E-state index contributed by atoms with van der Waals surface area (Å²) in [6, 6.07) is 12.5. The highest BCUT2D eigenvalue weighted by Crippen LogP contribution is 2.24. The standard InChI is InChI=1S/C16H11Cl2N3O3/c17-12-4-2-11(3-5-12)16(23)21-20-15(22)9-24-14-6-1-10(8-19)7-13(14)18/h1-7H,9H2,(H,20,22)(H,21,23). The lowest BCUT2D eigenvalue weighted by Crippen LogP contribution is -2.43. The lowest BCUT2D eigenvalue weighted by molar-refractivity contribution is -0.123. The van der Waals surface area contributed by atoms with Gasteiger partial charge in [-0.15, -0.1) is 0 Å². The van der Waals surface area contributed by atoms with E-state index in [0.29, 0.717) is 16.1 Å². The Hall–Kier alpha value is -2.75. The molecule has 0 radical (unpaired) electrons. The van der Waals surface area contributed by atoms with Crippen LogP contribution < -0.4 is 15.6 Å². The van der Waals surface area contributed by atoms with Crippen molar-refractivity contribution in [2.75, 3.05) is 6.61 Å². The fraction of sp³-hybridized carbons (Fsp3) is 0.0625. The predicted molar refractivity (Wildman–Crippen MR) is 88.7 cm³/mol. The average Bonchev–Trinajstić information content (AvgIpc) is 2.59. The van der Waals surface area contributed by atoms with Gasteiger partial charge in [0.2, 0.25) is 0 Å². The maximum absolute atomic E-state index is 11.8. The summed E-state index contributed by atoms with van der Waals surface area (Å²) < 4.78 is 5.23. The van der Waals surface area contributed by atoms with Crippen LogP contribution in [0.15, 0.2) is 42.5 Å². The first-order valence-corrected chi connectivity index (χ1v) is 7.42. The Morgan fingerprint density at radius 2 is 1.79 bits per heavy atom. The van der Waals surface area contributed by atoms with Crippen molar-refractivity contribution >= 4 is 35.0 Å². The molecule has 0 spiro atoms. The van der Waals surface area contributed by atoms with Crippen LogP contribution in [0.25, 0.3) is 0 Å². The van der Waals surface area contributed by atoms with Gasteiger partial charge in [0.15, 0.2) is 6.61 Å². The van der Waals surface area contributed by atoms with Crippen LogP contribution in [-0.2, 0) is 4.79 Å². The largest absolute Gasteiger partial charge is 0.482 e. The Balaban J connectivity index is 1.82. The summed E-state index contributed by atoms with van der Waals surface area (Å²) in [6.45, 7) is -0.355. The third-order valence-electron chi connectivity index (χ3n) is 2.84. The van der Waals surface area contributed by atoms with Gasteiger partial charge in [0.05, 0.1) is 16.7 Å². The quantitative estimate of drug-likeness (QED) is 0.816. The Labute approximate surface area is 147 Å². The number of hydrogen-bond acceptors (Lipinski definition) is 4. The molecule has 0 saturated carbocycles. The molecular formula is C16H11Cl2N3O3. The number of nitriles is 1. The van der Waals surface area contributed by atoms with Crippen LogP contribution in [0.1, 0.15) is 15.9 Å². The van der Waals surface area contributed by atoms with E-state index in [0.717, 1.165) is 0 Å². The van der Waals surface area contributed by atoms with Gasteiger partial charge < -0.3 is 4.74 Å². The lowest BCUT2D eigenvalue weighted by Gasteiger charge is -2.10. The number of halogens is 2. The predicted octanol–water partition coefficient (Wildman–Crippen LogP) is 2.71. The molecule has 6 nitrogen and oxygen atoms in total. The second kappa shape index (κ2) is 8.20. The fourth-order valence-corrected chi connectivity index (χ4v) is 2.03. The number of amides is 2. The van der Waals surface area contributed by atoms with Crippen molar-refractivity contribution in [3.05, 3.63) is 63.6 Å². The summed E-state index contributed by atoms with van der Waals surface area (Å²) in [5.41, 5.74) is 5.19. The summed E-state index contributed by atoms with van der Waals surface area (Å²) in [4.78, 5) is 23.5. The van der Waals surface area contributed by atoms with E-state index in [4.69, 9.17) is 33.2 Å². The summed E-state index contributed by atoms with van der Waals surface area (Å²) in [5, 5.41) is 9.46. The fourth-order valence-electron chi connectivity index (χ4n) is 1.67. The van der Waals surface area contributed by atoms with E-state index in [-0.39, 0.29) is 17.4 Å². The number of carbonyl (C=O) groups is 2. The molecule has 0 aliphatic carbocycles. The SMILES string of the molecule is N#Cc1ccc(OCC(=O)NNC(=O)c2ccc(Cl)cc2)c(Cl)c1. The van der Waals surface area contributed by atoms with E-state index in [2.05, 4.69) is 10.9 Å². The molecule has 2 amide bonds. The van der Waals surface area contributed by atoms with Crippen LogP contribution in [0.2, 0.25) is 10.0 Å². The number of hydrogen-bond donors (Lipinski definition) is 2. The Kier molecular flexibility index (Phi) is 6.01. The van der Waals surface area contributed by atoms with Gasteiger partial charge in [-0.25, -0.2) is 0 Å². The van der Waals surface area contributed by atoms with E-state index >= 15 is 0 Å². The Morgan fingerprint density at radius 1 is 1.08 bits per heavy atom. The first kappa shape index (κ1) is 17.6. The highest BCUT2D eigenvalue weighted by molar-refractivity contribution is 6.32. The zero-order valence-electron chi connectivity index (χ0n) is 12.2. The molecule has 0 unspecified atom stereocenters. The third-order valence-corrected chi connectivity index (χ3v) is 3.39. The van der Waals surface area contributed by atoms with E-state index in [1.54, 1.807) is 12.1 Å². The topological polar surface area (TPSA) is 91.2 Å². The molecule has 2 N–H and O–H groups in total. The van der Waals surface area contributed by atoms with Crippen LogP contribution in [0, 0.1) is 11.3 Å². The molecule has 2 aromatic rings. The van der Waals surface area contributed by atoms with Gasteiger partial charge in [0.1, 0.15) is 5.75 Å². The number of ether oxygens (including phenoxy) is 1. The van der Waals surface area contributed by atoms with Crippen LogP contribution in [0.4, 0.5) is 0 Å². The second-order valence-electron chi connectivity index (χ2n) is 4.55. The van der Waals surface area contributed by atoms with Gasteiger partial charge in [-0.1, -0.05) is 23.2 Å². The first-order valence-electron chi connectivity index (χ1n) is 6.67. The number of nitrogens with one attached hydrogen (secondary N) is 2. The van der Waals surface area contributed by atoms with Crippen molar-refractivity contribution in [3.8, 4) is 11.8 Å². The first-order chi connectivity index (χ1) is 11.5. The molecule has 0 aliphatic rings. The van der Waals surface area contributed by atoms with Crippen molar-refractivity contribution < 1.29 is 14.3 Å². The smallest absolute Gasteiger partial charge is 0.276 e. The van der Waals surface area contributed by atoms with Gasteiger partial charge in [0.25, 0.3) is 11.8 Å². The molecule has 0 atom stereocenters. The maximum Gasteiger partial charge on any atom is 0.276 e. The normalized spacial score (nSPS) is 9.71. The molecule has 0 aromatic heterocycles. The highest BCUT2D eigenvalue weighted by atomic mass is 35.5. The molecule has 0 aliphatic heterocycles. The summed E-state index contributed by atoms with van der Waals surface area (Å²) in [6.07, 6.45) is 0. The zero-order valence-corrected chi connectivity index (χ0v) is 13.7. The number of benzene rings is 2. The van der Waals surface area contributed by atoms with E-state index in [9.17, 15) is 9.59 Å². The van der Waals surface area contributed by atoms with Gasteiger partial charge in [0, 0.05) is 10.6 Å². The minimum atomic E-state index is -0.572. The third kappa shape index (κ3) is 4.88. The molecule has 0 saturated heterocycles. The summed E-state index contributed by atoms with van der Waals surface area (Å²) in [7, 11) is 0. The summed E-state index contributed by atoms with van der Waals surface area (Å²) in [5.74, 6) is -0.802. The number of rotatable bonds is 4. The van der Waals surface area contributed by atoms with Gasteiger partial charge >= 0.3 is 0 Å². The molecule has 0 bridgehead atoms. The number of hydrazine groups is 1. The average molecular weight is 364 g/mol. The molecule has 2 aromatic carbocycles. The van der Waals surface area contributed by atoms with Crippen molar-refractivity contribution in [2.24, 2.45) is 0 Å². The molecule has 122 valence electrons. The highest BCUT2D eigenvalue weighted by Gasteiger charge is 2.09. The van der Waals surface area contributed by atoms with E-state index < -0.39 is 11.8 Å². The van der Waals surface area contributed by atoms with Crippen LogP contribution in [0.5, 0.6) is 5.75 Å². The zero-order chi connectivity index (χ0) is 17.5. The van der Waals surface area contributed by atoms with Crippen LogP contribution in [-0.4, -0.2) is 18.4 Å². The minimum Gasteiger partial charge on any atom is -0.482 e. The lowest BCUT2D eigenvalue weighted by atomic mass is 10.2. The van der Waals surface area contributed by atoms with Gasteiger partial charge in [-0.05, 0) is 42.5 Å². The van der Waals surface area contributed by atoms with Crippen molar-refractivity contribution in [1.82, 2.24) is 10.9 Å². The molecule has 2 rings (SSSR count). The summed E-state index contributed by atoms with van der Waals surface area (Å²) >= 11 is 11.7. The second-order valence-corrected chi connectivity index (χ2v) is 5.40. The maximum atomic E-state index is 11.8. The minimum absolute atomic E-state index is 0.215. The monoisotopic (exact) mass is 363 g/mol. The number of carbonyl (C=O) groups excluding carboxylic acids is 2.